The summed E-state index contributed by atoms with van der Waals surface area (Å²) < 4.78 is 6.40. The van der Waals surface area contributed by atoms with Gasteiger partial charge in [0.15, 0.2) is 5.78 Å². The van der Waals surface area contributed by atoms with E-state index in [0.29, 0.717) is 28.5 Å². The van der Waals surface area contributed by atoms with Crippen molar-refractivity contribution < 1.29 is 9.53 Å². The van der Waals surface area contributed by atoms with Crippen molar-refractivity contribution in [3.05, 3.63) is 62.2 Å². The Hall–Kier alpha value is -1.07. The summed E-state index contributed by atoms with van der Waals surface area (Å²) in [5, 5.41) is 0.584. The van der Waals surface area contributed by atoms with Gasteiger partial charge in [0, 0.05) is 9.13 Å². The number of benzene rings is 2. The van der Waals surface area contributed by atoms with Crippen molar-refractivity contribution in [2.24, 2.45) is 0 Å². The van der Waals surface area contributed by atoms with E-state index in [9.17, 15) is 4.79 Å². The predicted molar refractivity (Wildman–Crippen MR) is 85.2 cm³/mol. The van der Waals surface area contributed by atoms with Gasteiger partial charge in [0.1, 0.15) is 5.75 Å². The van der Waals surface area contributed by atoms with Crippen LogP contribution in [0, 0.1) is 3.57 Å². The minimum atomic E-state index is -0.0812. The quantitative estimate of drug-likeness (QED) is 0.568. The van der Waals surface area contributed by atoms with E-state index in [1.54, 1.807) is 24.3 Å². The van der Waals surface area contributed by atoms with Gasteiger partial charge in [-0.1, -0.05) is 23.7 Å². The third-order valence-corrected chi connectivity index (χ3v) is 4.19. The van der Waals surface area contributed by atoms with Crippen molar-refractivity contribution in [1.29, 1.82) is 0 Å². The molecule has 0 aromatic heterocycles. The Balaban J connectivity index is 2.41. The Morgan fingerprint density at radius 1 is 1.26 bits per heavy atom. The Morgan fingerprint density at radius 3 is 2.68 bits per heavy atom. The van der Waals surface area contributed by atoms with Gasteiger partial charge in [0.25, 0.3) is 0 Å². The van der Waals surface area contributed by atoms with Gasteiger partial charge in [0.05, 0.1) is 17.2 Å². The second-order valence-electron chi connectivity index (χ2n) is 3.89. The first-order valence-corrected chi connectivity index (χ1v) is 7.30. The summed E-state index contributed by atoms with van der Waals surface area (Å²) in [6.07, 6.45) is 0. The topological polar surface area (TPSA) is 26.3 Å². The summed E-state index contributed by atoms with van der Waals surface area (Å²) in [4.78, 5) is 12.5. The smallest absolute Gasteiger partial charge is 0.196 e. The molecule has 0 aliphatic rings. The number of hydrogen-bond donors (Lipinski definition) is 0. The number of hydrogen-bond acceptors (Lipinski definition) is 2. The van der Waals surface area contributed by atoms with Crippen molar-refractivity contribution in [2.45, 2.75) is 6.92 Å². The minimum Gasteiger partial charge on any atom is -0.493 e. The number of carbonyl (C=O) groups excluding carboxylic acids is 1. The fourth-order valence-corrected chi connectivity index (χ4v) is 2.24. The third kappa shape index (κ3) is 3.28. The molecule has 4 heteroatoms. The lowest BCUT2D eigenvalue weighted by Crippen LogP contribution is -2.05. The van der Waals surface area contributed by atoms with Crippen molar-refractivity contribution in [3.63, 3.8) is 0 Å². The van der Waals surface area contributed by atoms with Gasteiger partial charge in [-0.15, -0.1) is 0 Å². The van der Waals surface area contributed by atoms with E-state index < -0.39 is 0 Å². The number of ketones is 1. The van der Waals surface area contributed by atoms with E-state index in [4.69, 9.17) is 16.3 Å². The number of carbonyl (C=O) groups is 1. The van der Waals surface area contributed by atoms with Gasteiger partial charge < -0.3 is 4.74 Å². The molecule has 98 valence electrons. The number of ether oxygens (including phenoxy) is 1. The van der Waals surface area contributed by atoms with E-state index in [1.807, 2.05) is 25.1 Å². The zero-order valence-corrected chi connectivity index (χ0v) is 13.2. The highest BCUT2D eigenvalue weighted by Gasteiger charge is 2.15. The van der Waals surface area contributed by atoms with Crippen LogP contribution in [0.5, 0.6) is 5.75 Å². The average molecular weight is 387 g/mol. The van der Waals surface area contributed by atoms with Crippen molar-refractivity contribution >= 4 is 40.0 Å². The Bertz CT molecular complexity index is 611. The van der Waals surface area contributed by atoms with Crippen LogP contribution in [0.2, 0.25) is 5.02 Å². The lowest BCUT2D eigenvalue weighted by atomic mass is 10.0. The summed E-state index contributed by atoms with van der Waals surface area (Å²) in [5.41, 5.74) is 1.12. The first kappa shape index (κ1) is 14.3. The van der Waals surface area contributed by atoms with Crippen LogP contribution in [-0.2, 0) is 0 Å². The molecule has 0 amide bonds. The fourth-order valence-electron chi connectivity index (χ4n) is 1.73. The maximum absolute atomic E-state index is 12.5. The highest BCUT2D eigenvalue weighted by atomic mass is 127. The summed E-state index contributed by atoms with van der Waals surface area (Å²) in [7, 11) is 0. The molecule has 0 fully saturated rings. The van der Waals surface area contributed by atoms with E-state index in [2.05, 4.69) is 22.6 Å². The number of para-hydroxylation sites is 1. The van der Waals surface area contributed by atoms with Gasteiger partial charge >= 0.3 is 0 Å². The van der Waals surface area contributed by atoms with Crippen LogP contribution in [0.15, 0.2) is 42.5 Å². The van der Waals surface area contributed by atoms with E-state index in [0.717, 1.165) is 3.57 Å². The largest absolute Gasteiger partial charge is 0.493 e. The molecule has 0 saturated heterocycles. The van der Waals surface area contributed by atoms with E-state index in [-0.39, 0.29) is 5.78 Å². The maximum Gasteiger partial charge on any atom is 0.196 e. The molecule has 0 atom stereocenters. The van der Waals surface area contributed by atoms with Crippen molar-refractivity contribution in [2.75, 3.05) is 6.61 Å². The highest BCUT2D eigenvalue weighted by molar-refractivity contribution is 14.1. The van der Waals surface area contributed by atoms with Gasteiger partial charge in [-0.25, -0.2) is 0 Å². The molecule has 2 aromatic rings. The Kier molecular flexibility index (Phi) is 4.82. The third-order valence-electron chi connectivity index (χ3n) is 2.61. The first-order chi connectivity index (χ1) is 9.13. The van der Waals surface area contributed by atoms with Crippen LogP contribution in [0.4, 0.5) is 0 Å². The van der Waals surface area contributed by atoms with Crippen LogP contribution in [0.25, 0.3) is 0 Å². The predicted octanol–water partition coefficient (Wildman–Crippen LogP) is 4.57. The zero-order valence-electron chi connectivity index (χ0n) is 10.3. The van der Waals surface area contributed by atoms with Crippen LogP contribution in [-0.4, -0.2) is 12.4 Å². The summed E-state index contributed by atoms with van der Waals surface area (Å²) >= 11 is 8.19. The molecule has 0 saturated carbocycles. The van der Waals surface area contributed by atoms with Gasteiger partial charge in [0.2, 0.25) is 0 Å². The maximum atomic E-state index is 12.5. The zero-order chi connectivity index (χ0) is 13.8. The van der Waals surface area contributed by atoms with Crippen LogP contribution in [0.1, 0.15) is 22.8 Å². The molecule has 19 heavy (non-hydrogen) atoms. The molecule has 0 aliphatic carbocycles. The Labute approximate surface area is 130 Å². The van der Waals surface area contributed by atoms with Gasteiger partial charge in [-0.3, -0.25) is 4.79 Å². The second kappa shape index (κ2) is 6.39. The second-order valence-corrected chi connectivity index (χ2v) is 5.46. The summed E-state index contributed by atoms with van der Waals surface area (Å²) in [5.74, 6) is 0.520. The van der Waals surface area contributed by atoms with Crippen molar-refractivity contribution in [1.82, 2.24) is 0 Å². The monoisotopic (exact) mass is 386 g/mol. The average Bonchev–Trinajstić information content (AvgIpc) is 2.42. The normalized spacial score (nSPS) is 10.3. The Morgan fingerprint density at radius 2 is 2.00 bits per heavy atom. The molecule has 0 aliphatic heterocycles. The van der Waals surface area contributed by atoms with Gasteiger partial charge in [-0.2, -0.15) is 0 Å². The van der Waals surface area contributed by atoms with E-state index in [1.165, 1.54) is 0 Å². The first-order valence-electron chi connectivity index (χ1n) is 5.85. The minimum absolute atomic E-state index is 0.0812. The molecule has 2 aromatic carbocycles. The summed E-state index contributed by atoms with van der Waals surface area (Å²) in [6.45, 7) is 2.42. The van der Waals surface area contributed by atoms with Crippen LogP contribution in [0.3, 0.4) is 0 Å². The summed E-state index contributed by atoms with van der Waals surface area (Å²) in [6, 6.07) is 12.5. The molecule has 0 unspecified atom stereocenters. The molecular formula is C15H12ClIO2. The van der Waals surface area contributed by atoms with Crippen LogP contribution < -0.4 is 4.74 Å². The lowest BCUT2D eigenvalue weighted by molar-refractivity contribution is 0.103. The standard InChI is InChI=1S/C15H12ClIO2/c1-2-19-14-6-4-3-5-11(14)15(18)10-7-8-13(17)12(16)9-10/h3-9H,2H2,1H3. The highest BCUT2D eigenvalue weighted by Crippen LogP contribution is 2.25. The molecule has 2 rings (SSSR count). The SMILES string of the molecule is CCOc1ccccc1C(=O)c1ccc(I)c(Cl)c1. The molecular weight excluding hydrogens is 375 g/mol. The number of halogens is 2. The van der Waals surface area contributed by atoms with E-state index >= 15 is 0 Å². The lowest BCUT2D eigenvalue weighted by Gasteiger charge is -2.09. The molecule has 0 spiro atoms. The molecule has 0 radical (unpaired) electrons. The molecule has 2 nitrogen and oxygen atoms in total. The molecule has 0 N–H and O–H groups in total. The molecule has 0 heterocycles. The van der Waals surface area contributed by atoms with Crippen LogP contribution >= 0.6 is 34.2 Å². The molecule has 0 bridgehead atoms. The fraction of sp³-hybridized carbons (Fsp3) is 0.133. The number of rotatable bonds is 4. The van der Waals surface area contributed by atoms with Crippen molar-refractivity contribution in [3.8, 4) is 5.75 Å². The van der Waals surface area contributed by atoms with Gasteiger partial charge in [-0.05, 0) is 59.8 Å².